The quantitative estimate of drug-likeness (QED) is 0.602. The minimum absolute atomic E-state index is 0.109. The summed E-state index contributed by atoms with van der Waals surface area (Å²) in [5.74, 6) is -1.48. The van der Waals surface area contributed by atoms with Gasteiger partial charge in [0.15, 0.2) is 0 Å². The second-order valence-corrected chi connectivity index (χ2v) is 8.94. The number of carboxylic acids is 1. The second kappa shape index (κ2) is 9.65. The summed E-state index contributed by atoms with van der Waals surface area (Å²) < 4.78 is 0. The number of aromatic hydroxyl groups is 1. The van der Waals surface area contributed by atoms with Crippen LogP contribution in [0.1, 0.15) is 49.3 Å². The van der Waals surface area contributed by atoms with E-state index in [1.54, 1.807) is 17.0 Å². The number of carbonyl (C=O) groups is 3. The minimum Gasteiger partial charge on any atom is -0.508 e. The molecule has 0 radical (unpaired) electrons. The number of hydrogen-bond donors (Lipinski definition) is 2. The van der Waals surface area contributed by atoms with Crippen LogP contribution in [0.25, 0.3) is 0 Å². The van der Waals surface area contributed by atoms with Crippen LogP contribution >= 0.6 is 0 Å². The Morgan fingerprint density at radius 1 is 1.03 bits per heavy atom. The number of fused-ring (bicyclic) bond motifs is 2. The van der Waals surface area contributed by atoms with Crippen molar-refractivity contribution in [3.63, 3.8) is 0 Å². The maximum atomic E-state index is 13.8. The lowest BCUT2D eigenvalue weighted by Crippen LogP contribution is -2.69. The molecule has 0 aromatic heterocycles. The summed E-state index contributed by atoms with van der Waals surface area (Å²) in [6, 6.07) is 11.6. The van der Waals surface area contributed by atoms with Gasteiger partial charge in [-0.05, 0) is 35.2 Å². The average Bonchev–Trinajstić information content (AvgIpc) is 2.81. The summed E-state index contributed by atoms with van der Waals surface area (Å²) in [6.07, 6.45) is 3.39. The van der Waals surface area contributed by atoms with Crippen molar-refractivity contribution in [2.75, 3.05) is 0 Å². The fourth-order valence-corrected chi connectivity index (χ4v) is 4.99. The van der Waals surface area contributed by atoms with Gasteiger partial charge < -0.3 is 20.0 Å². The molecule has 0 spiro atoms. The summed E-state index contributed by atoms with van der Waals surface area (Å²) in [7, 11) is 0. The first-order valence-electron chi connectivity index (χ1n) is 11.6. The number of piperazine rings is 1. The van der Waals surface area contributed by atoms with Crippen LogP contribution in [0.4, 0.5) is 0 Å². The molecule has 2 aromatic carbocycles. The molecule has 174 valence electrons. The highest BCUT2D eigenvalue weighted by atomic mass is 16.4. The van der Waals surface area contributed by atoms with Crippen molar-refractivity contribution in [2.24, 2.45) is 0 Å². The van der Waals surface area contributed by atoms with E-state index in [2.05, 4.69) is 0 Å². The molecule has 1 saturated heterocycles. The highest BCUT2D eigenvalue weighted by Gasteiger charge is 2.50. The molecular formula is C26H30N2O5. The molecule has 3 unspecified atom stereocenters. The first-order valence-corrected chi connectivity index (χ1v) is 11.6. The van der Waals surface area contributed by atoms with Crippen molar-refractivity contribution in [1.82, 2.24) is 9.80 Å². The molecule has 2 N–H and O–H groups in total. The number of rotatable bonds is 8. The number of carbonyl (C=O) groups excluding carboxylic acids is 2. The zero-order valence-corrected chi connectivity index (χ0v) is 18.8. The normalized spacial score (nSPS) is 20.9. The summed E-state index contributed by atoms with van der Waals surface area (Å²) in [6.45, 7) is 2.38. The zero-order valence-electron chi connectivity index (χ0n) is 18.8. The van der Waals surface area contributed by atoms with Gasteiger partial charge in [0.25, 0.3) is 0 Å². The van der Waals surface area contributed by atoms with Gasteiger partial charge in [-0.15, -0.1) is 0 Å². The molecule has 7 heteroatoms. The van der Waals surface area contributed by atoms with E-state index < -0.39 is 24.1 Å². The molecule has 1 fully saturated rings. The molecule has 0 aliphatic carbocycles. The van der Waals surface area contributed by atoms with Gasteiger partial charge in [0.05, 0.1) is 0 Å². The Bertz CT molecular complexity index is 1040. The molecule has 7 nitrogen and oxygen atoms in total. The molecule has 33 heavy (non-hydrogen) atoms. The van der Waals surface area contributed by atoms with Crippen LogP contribution in [0.5, 0.6) is 5.75 Å². The fourth-order valence-electron chi connectivity index (χ4n) is 4.99. The monoisotopic (exact) mass is 450 g/mol. The number of carboxylic acid groups (broad SMARTS) is 1. The molecule has 3 atom stereocenters. The smallest absolute Gasteiger partial charge is 0.326 e. The Labute approximate surface area is 193 Å². The Balaban J connectivity index is 1.71. The van der Waals surface area contributed by atoms with E-state index in [0.29, 0.717) is 25.8 Å². The number of hydrogen-bond acceptors (Lipinski definition) is 4. The molecule has 2 aromatic rings. The van der Waals surface area contributed by atoms with E-state index >= 15 is 0 Å². The summed E-state index contributed by atoms with van der Waals surface area (Å²) in [5, 5.41) is 19.7. The Morgan fingerprint density at radius 3 is 2.39 bits per heavy atom. The van der Waals surface area contributed by atoms with Crippen molar-refractivity contribution in [3.05, 3.63) is 65.2 Å². The topological polar surface area (TPSA) is 98.2 Å². The van der Waals surface area contributed by atoms with Crippen molar-refractivity contribution in [1.29, 1.82) is 0 Å². The van der Waals surface area contributed by atoms with E-state index in [4.69, 9.17) is 0 Å². The number of amides is 2. The van der Waals surface area contributed by atoms with Crippen LogP contribution in [-0.2, 0) is 33.8 Å². The molecule has 0 saturated carbocycles. The van der Waals surface area contributed by atoms with Gasteiger partial charge in [-0.3, -0.25) is 9.59 Å². The van der Waals surface area contributed by atoms with Gasteiger partial charge in [0, 0.05) is 19.4 Å². The third-order valence-corrected chi connectivity index (χ3v) is 6.76. The van der Waals surface area contributed by atoms with E-state index in [1.807, 2.05) is 31.2 Å². The molecule has 2 amide bonds. The Morgan fingerprint density at radius 2 is 1.73 bits per heavy atom. The predicted molar refractivity (Wildman–Crippen MR) is 122 cm³/mol. The van der Waals surface area contributed by atoms with Gasteiger partial charge in [0.1, 0.15) is 23.9 Å². The largest absolute Gasteiger partial charge is 0.508 e. The molecule has 2 heterocycles. The number of benzene rings is 2. The Kier molecular flexibility index (Phi) is 6.67. The third kappa shape index (κ3) is 4.58. The summed E-state index contributed by atoms with van der Waals surface area (Å²) in [5.41, 5.74) is 2.80. The maximum absolute atomic E-state index is 13.8. The number of phenols is 1. The third-order valence-electron chi connectivity index (χ3n) is 6.76. The SMILES string of the molecule is CCCCCC(C(=O)O)N1C(=O)C2Cc3ccccc3CN2C(=O)C1Cc1ccc(O)cc1. The highest BCUT2D eigenvalue weighted by Crippen LogP contribution is 2.33. The van der Waals surface area contributed by atoms with Gasteiger partial charge >= 0.3 is 5.97 Å². The van der Waals surface area contributed by atoms with Crippen molar-refractivity contribution < 1.29 is 24.6 Å². The molecule has 2 aliphatic heterocycles. The predicted octanol–water partition coefficient (Wildman–Crippen LogP) is 3.13. The number of phenolic OH excluding ortho intramolecular Hbond substituents is 1. The van der Waals surface area contributed by atoms with Gasteiger partial charge in [-0.2, -0.15) is 0 Å². The lowest BCUT2D eigenvalue weighted by Gasteiger charge is -2.49. The van der Waals surface area contributed by atoms with E-state index in [-0.39, 0.29) is 24.0 Å². The molecule has 4 rings (SSSR count). The van der Waals surface area contributed by atoms with E-state index in [0.717, 1.165) is 29.5 Å². The number of unbranched alkanes of at least 4 members (excludes halogenated alkanes) is 2. The maximum Gasteiger partial charge on any atom is 0.326 e. The van der Waals surface area contributed by atoms with Crippen LogP contribution in [0.15, 0.2) is 48.5 Å². The van der Waals surface area contributed by atoms with E-state index in [9.17, 15) is 24.6 Å². The average molecular weight is 451 g/mol. The van der Waals surface area contributed by atoms with Crippen molar-refractivity contribution >= 4 is 17.8 Å². The van der Waals surface area contributed by atoms with Crippen LogP contribution in [0.2, 0.25) is 0 Å². The van der Waals surface area contributed by atoms with Crippen molar-refractivity contribution in [2.45, 2.75) is 70.1 Å². The van der Waals surface area contributed by atoms with Crippen LogP contribution in [0.3, 0.4) is 0 Å². The first-order chi connectivity index (χ1) is 15.9. The van der Waals surface area contributed by atoms with Gasteiger partial charge in [-0.25, -0.2) is 4.79 Å². The zero-order chi connectivity index (χ0) is 23.5. The Hall–Kier alpha value is -3.35. The standard InChI is InChI=1S/C26H30N2O5/c1-2-3-4-9-21(26(32)33)28-23(14-17-10-12-20(29)13-11-17)24(30)27-16-19-8-6-5-7-18(19)15-22(27)25(28)31/h5-8,10-13,21-23,29H,2-4,9,14-16H2,1H3,(H,32,33). The van der Waals surface area contributed by atoms with Crippen LogP contribution in [0, 0.1) is 0 Å². The van der Waals surface area contributed by atoms with Gasteiger partial charge in [-0.1, -0.05) is 62.6 Å². The first kappa shape index (κ1) is 22.8. The second-order valence-electron chi connectivity index (χ2n) is 8.94. The summed E-state index contributed by atoms with van der Waals surface area (Å²) >= 11 is 0. The number of aliphatic carboxylic acids is 1. The van der Waals surface area contributed by atoms with Crippen LogP contribution < -0.4 is 0 Å². The summed E-state index contributed by atoms with van der Waals surface area (Å²) in [4.78, 5) is 42.8. The van der Waals surface area contributed by atoms with E-state index in [1.165, 1.54) is 17.0 Å². The molecule has 2 aliphatic rings. The molecular weight excluding hydrogens is 420 g/mol. The molecule has 0 bridgehead atoms. The highest BCUT2D eigenvalue weighted by molar-refractivity contribution is 5.99. The van der Waals surface area contributed by atoms with Crippen molar-refractivity contribution in [3.8, 4) is 5.75 Å². The lowest BCUT2D eigenvalue weighted by atomic mass is 9.87. The lowest BCUT2D eigenvalue weighted by molar-refractivity contribution is -0.170. The number of nitrogens with zero attached hydrogens (tertiary/aromatic N) is 2. The van der Waals surface area contributed by atoms with Gasteiger partial charge in [0.2, 0.25) is 11.8 Å². The fraction of sp³-hybridized carbons (Fsp3) is 0.423. The van der Waals surface area contributed by atoms with Crippen LogP contribution in [-0.4, -0.2) is 55.9 Å². The minimum atomic E-state index is -1.08.